The third kappa shape index (κ3) is 4.35. The highest BCUT2D eigenvalue weighted by Crippen LogP contribution is 2.26. The lowest BCUT2D eigenvalue weighted by Gasteiger charge is -2.27. The first-order valence-electron chi connectivity index (χ1n) is 8.88. The molecule has 1 aromatic carbocycles. The predicted octanol–water partition coefficient (Wildman–Crippen LogP) is 2.91. The van der Waals surface area contributed by atoms with E-state index in [1.165, 1.54) is 11.3 Å². The number of amides is 1. The average Bonchev–Trinajstić information content (AvgIpc) is 3.22. The first-order chi connectivity index (χ1) is 14.1. The van der Waals surface area contributed by atoms with Crippen molar-refractivity contribution in [3.8, 4) is 17.5 Å². The number of nitriles is 1. The molecular formula is C19H16ClN7OS. The lowest BCUT2D eigenvalue weighted by molar-refractivity contribution is 0.0736. The summed E-state index contributed by atoms with van der Waals surface area (Å²) in [4.78, 5) is 27.9. The van der Waals surface area contributed by atoms with Gasteiger partial charge in [0.15, 0.2) is 0 Å². The Morgan fingerprint density at radius 1 is 1.28 bits per heavy atom. The van der Waals surface area contributed by atoms with Gasteiger partial charge in [0.2, 0.25) is 5.95 Å². The van der Waals surface area contributed by atoms with Crippen LogP contribution in [0.1, 0.15) is 15.2 Å². The third-order valence-corrected chi connectivity index (χ3v) is 5.32. The molecular weight excluding hydrogens is 410 g/mol. The summed E-state index contributed by atoms with van der Waals surface area (Å²) < 4.78 is 0. The van der Waals surface area contributed by atoms with E-state index in [4.69, 9.17) is 11.6 Å². The number of benzene rings is 1. The van der Waals surface area contributed by atoms with Crippen LogP contribution in [-0.4, -0.2) is 51.9 Å². The van der Waals surface area contributed by atoms with Gasteiger partial charge in [-0.05, 0) is 24.3 Å². The van der Waals surface area contributed by atoms with Crippen LogP contribution in [0.25, 0.3) is 11.4 Å². The molecule has 4 rings (SSSR count). The normalized spacial score (nSPS) is 13.7. The minimum Gasteiger partial charge on any atom is -0.336 e. The van der Waals surface area contributed by atoms with Crippen molar-refractivity contribution in [2.24, 2.45) is 0 Å². The molecule has 146 valence electrons. The molecule has 3 aromatic rings. The van der Waals surface area contributed by atoms with Crippen molar-refractivity contribution in [3.63, 3.8) is 0 Å². The Hall–Kier alpha value is -3.06. The van der Waals surface area contributed by atoms with E-state index >= 15 is 0 Å². The number of thiazole rings is 1. The van der Waals surface area contributed by atoms with E-state index in [0.29, 0.717) is 51.6 Å². The fourth-order valence-corrected chi connectivity index (χ4v) is 3.84. The van der Waals surface area contributed by atoms with Gasteiger partial charge in [-0.1, -0.05) is 11.6 Å². The summed E-state index contributed by atoms with van der Waals surface area (Å²) >= 11 is 7.50. The summed E-state index contributed by atoms with van der Waals surface area (Å²) in [6.45, 7) is 2.88. The molecule has 1 amide bonds. The molecule has 3 heterocycles. The van der Waals surface area contributed by atoms with Crippen molar-refractivity contribution in [1.29, 1.82) is 5.26 Å². The van der Waals surface area contributed by atoms with E-state index in [9.17, 15) is 10.1 Å². The maximum Gasteiger partial charge on any atom is 0.254 e. The van der Waals surface area contributed by atoms with Gasteiger partial charge in [-0.25, -0.2) is 15.0 Å². The number of carbonyl (C=O) groups is 1. The van der Waals surface area contributed by atoms with E-state index in [-0.39, 0.29) is 5.91 Å². The van der Waals surface area contributed by atoms with Gasteiger partial charge in [0.1, 0.15) is 16.6 Å². The number of carbonyl (C=O) groups excluding carboxylic acids is 1. The Labute approximate surface area is 176 Å². The molecule has 1 aliphatic rings. The van der Waals surface area contributed by atoms with Crippen LogP contribution >= 0.6 is 22.9 Å². The van der Waals surface area contributed by atoms with Crippen molar-refractivity contribution in [2.75, 3.05) is 31.5 Å². The fourth-order valence-electron chi connectivity index (χ4n) is 3.02. The van der Waals surface area contributed by atoms with E-state index in [1.807, 2.05) is 0 Å². The number of piperazine rings is 1. The lowest BCUT2D eigenvalue weighted by atomic mass is 10.1. The Morgan fingerprint density at radius 3 is 2.90 bits per heavy atom. The number of aromatic nitrogens is 3. The molecule has 0 saturated carbocycles. The van der Waals surface area contributed by atoms with Gasteiger partial charge in [-0.2, -0.15) is 5.26 Å². The van der Waals surface area contributed by atoms with Gasteiger partial charge >= 0.3 is 0 Å². The van der Waals surface area contributed by atoms with Crippen molar-refractivity contribution < 1.29 is 4.79 Å². The van der Waals surface area contributed by atoms with Crippen LogP contribution in [0.15, 0.2) is 36.0 Å². The SMILES string of the molecule is N#Cc1scnc1-c1ccnc(Nc2cc(Cl)cc(C(=O)N3CCNCC3)c2)n1. The number of rotatable bonds is 4. The summed E-state index contributed by atoms with van der Waals surface area (Å²) in [5.41, 5.74) is 3.77. The Morgan fingerprint density at radius 2 is 2.10 bits per heavy atom. The van der Waals surface area contributed by atoms with Crippen molar-refractivity contribution >= 4 is 40.5 Å². The molecule has 0 bridgehead atoms. The molecule has 2 N–H and O–H groups in total. The zero-order valence-corrected chi connectivity index (χ0v) is 16.8. The second-order valence-electron chi connectivity index (χ2n) is 6.30. The van der Waals surface area contributed by atoms with Crippen LogP contribution in [0.2, 0.25) is 5.02 Å². The number of hydrogen-bond donors (Lipinski definition) is 2. The van der Waals surface area contributed by atoms with Gasteiger partial charge in [0.25, 0.3) is 5.91 Å². The maximum atomic E-state index is 12.8. The minimum atomic E-state index is -0.0622. The number of nitrogens with one attached hydrogen (secondary N) is 2. The maximum absolute atomic E-state index is 12.8. The van der Waals surface area contributed by atoms with Gasteiger partial charge in [-0.15, -0.1) is 11.3 Å². The molecule has 1 saturated heterocycles. The van der Waals surface area contributed by atoms with Crippen molar-refractivity contribution in [1.82, 2.24) is 25.2 Å². The standard InChI is InChI=1S/C19H16ClN7OS/c20-13-7-12(18(28)27-5-3-22-4-6-27)8-14(9-13)25-19-23-2-1-15(26-19)17-16(10-21)29-11-24-17/h1-2,7-9,11,22H,3-6H2,(H,23,25,26). The van der Waals surface area contributed by atoms with Crippen LogP contribution in [0.4, 0.5) is 11.6 Å². The molecule has 8 nitrogen and oxygen atoms in total. The molecule has 10 heteroatoms. The van der Waals surface area contributed by atoms with E-state index in [1.54, 1.807) is 40.9 Å². The molecule has 1 aliphatic heterocycles. The van der Waals surface area contributed by atoms with Crippen LogP contribution in [0.5, 0.6) is 0 Å². The third-order valence-electron chi connectivity index (χ3n) is 4.37. The van der Waals surface area contributed by atoms with Crippen LogP contribution in [0.3, 0.4) is 0 Å². The van der Waals surface area contributed by atoms with Crippen LogP contribution in [0, 0.1) is 11.3 Å². The number of halogens is 1. The Balaban J connectivity index is 1.58. The van der Waals surface area contributed by atoms with Crippen molar-refractivity contribution in [2.45, 2.75) is 0 Å². The molecule has 0 radical (unpaired) electrons. The lowest BCUT2D eigenvalue weighted by Crippen LogP contribution is -2.46. The highest BCUT2D eigenvalue weighted by Gasteiger charge is 2.19. The smallest absolute Gasteiger partial charge is 0.254 e. The first kappa shape index (κ1) is 19.3. The fraction of sp³-hybridized carbons (Fsp3) is 0.211. The highest BCUT2D eigenvalue weighted by atomic mass is 35.5. The molecule has 0 aliphatic carbocycles. The van der Waals surface area contributed by atoms with Crippen molar-refractivity contribution in [3.05, 3.63) is 51.4 Å². The number of nitrogens with zero attached hydrogens (tertiary/aromatic N) is 5. The molecule has 29 heavy (non-hydrogen) atoms. The summed E-state index contributed by atoms with van der Waals surface area (Å²) in [7, 11) is 0. The average molecular weight is 426 g/mol. The van der Waals surface area contributed by atoms with Gasteiger partial charge in [0, 0.05) is 48.6 Å². The summed E-state index contributed by atoms with van der Waals surface area (Å²) in [6, 6.07) is 8.90. The molecule has 2 aromatic heterocycles. The molecule has 0 spiro atoms. The summed E-state index contributed by atoms with van der Waals surface area (Å²) in [6.07, 6.45) is 1.59. The van der Waals surface area contributed by atoms with Crippen LogP contribution < -0.4 is 10.6 Å². The monoisotopic (exact) mass is 425 g/mol. The predicted molar refractivity (Wildman–Crippen MR) is 111 cm³/mol. The van der Waals surface area contributed by atoms with Gasteiger partial charge in [-0.3, -0.25) is 4.79 Å². The second kappa shape index (κ2) is 8.53. The number of anilines is 2. The molecule has 0 atom stereocenters. The number of hydrogen-bond acceptors (Lipinski definition) is 8. The first-order valence-corrected chi connectivity index (χ1v) is 10.1. The minimum absolute atomic E-state index is 0.0622. The van der Waals surface area contributed by atoms with Gasteiger partial charge < -0.3 is 15.5 Å². The zero-order chi connectivity index (χ0) is 20.2. The molecule has 0 unspecified atom stereocenters. The second-order valence-corrected chi connectivity index (χ2v) is 7.59. The zero-order valence-electron chi connectivity index (χ0n) is 15.2. The van der Waals surface area contributed by atoms with Gasteiger partial charge in [0.05, 0.1) is 11.2 Å². The summed E-state index contributed by atoms with van der Waals surface area (Å²) in [5.74, 6) is 0.259. The topological polar surface area (TPSA) is 107 Å². The highest BCUT2D eigenvalue weighted by molar-refractivity contribution is 7.10. The van der Waals surface area contributed by atoms with Crippen LogP contribution in [-0.2, 0) is 0 Å². The Kier molecular flexibility index (Phi) is 5.67. The molecule has 1 fully saturated rings. The van der Waals surface area contributed by atoms with E-state index < -0.39 is 0 Å². The summed E-state index contributed by atoms with van der Waals surface area (Å²) in [5, 5.41) is 16.0. The quantitative estimate of drug-likeness (QED) is 0.661. The Bertz CT molecular complexity index is 1090. The van der Waals surface area contributed by atoms with E-state index in [2.05, 4.69) is 31.7 Å². The largest absolute Gasteiger partial charge is 0.336 e. The van der Waals surface area contributed by atoms with E-state index in [0.717, 1.165) is 13.1 Å².